The van der Waals surface area contributed by atoms with Gasteiger partial charge in [0.05, 0.1) is 23.1 Å². The summed E-state index contributed by atoms with van der Waals surface area (Å²) in [5.74, 6) is -0.169. The molecule has 1 aromatic carbocycles. The van der Waals surface area contributed by atoms with Crippen molar-refractivity contribution in [1.29, 1.82) is 0 Å². The molecule has 0 spiro atoms. The van der Waals surface area contributed by atoms with Crippen LogP contribution in [0.1, 0.15) is 29.4 Å². The van der Waals surface area contributed by atoms with E-state index in [2.05, 4.69) is 10.3 Å². The first-order chi connectivity index (χ1) is 12.4. The van der Waals surface area contributed by atoms with Crippen molar-refractivity contribution >= 4 is 27.3 Å². The number of ether oxygens (including phenoxy) is 1. The fraction of sp³-hybridized carbons (Fsp3) is 0.333. The molecule has 2 rings (SSSR count). The van der Waals surface area contributed by atoms with Crippen LogP contribution < -0.4 is 10.1 Å². The second kappa shape index (κ2) is 9.54. The van der Waals surface area contributed by atoms with Gasteiger partial charge in [0.25, 0.3) is 5.91 Å². The zero-order chi connectivity index (χ0) is 19.0. The standard InChI is InChI=1S/C18H21ClN2O4S/c1-2-25-16-10-9-15(19)17(21-16)18(22)20-11-6-12-26(23,24)13-14-7-4-3-5-8-14/h3-5,7-10H,2,6,11-13H2,1H3,(H,20,22). The zero-order valence-electron chi connectivity index (χ0n) is 14.4. The Hall–Kier alpha value is -2.12. The van der Waals surface area contributed by atoms with Gasteiger partial charge in [-0.15, -0.1) is 0 Å². The normalized spacial score (nSPS) is 11.2. The first-order valence-electron chi connectivity index (χ1n) is 8.23. The number of halogens is 1. The summed E-state index contributed by atoms with van der Waals surface area (Å²) >= 11 is 5.99. The van der Waals surface area contributed by atoms with Crippen molar-refractivity contribution < 1.29 is 17.9 Å². The summed E-state index contributed by atoms with van der Waals surface area (Å²) in [7, 11) is -3.23. The lowest BCUT2D eigenvalue weighted by Gasteiger charge is -2.09. The van der Waals surface area contributed by atoms with Gasteiger partial charge in [0.15, 0.2) is 15.5 Å². The van der Waals surface area contributed by atoms with Crippen molar-refractivity contribution in [2.45, 2.75) is 19.1 Å². The van der Waals surface area contributed by atoms with Gasteiger partial charge < -0.3 is 10.1 Å². The number of aromatic nitrogens is 1. The molecule has 0 saturated carbocycles. The molecule has 0 bridgehead atoms. The Balaban J connectivity index is 1.84. The maximum atomic E-state index is 12.2. The molecule has 8 heteroatoms. The second-order valence-corrected chi connectivity index (χ2v) is 8.19. The molecule has 0 atom stereocenters. The Morgan fingerprint density at radius 3 is 2.62 bits per heavy atom. The number of nitrogens with one attached hydrogen (secondary N) is 1. The van der Waals surface area contributed by atoms with Crippen molar-refractivity contribution in [3.05, 3.63) is 58.7 Å². The lowest BCUT2D eigenvalue weighted by Crippen LogP contribution is -2.27. The van der Waals surface area contributed by atoms with Crippen molar-refractivity contribution in [3.63, 3.8) is 0 Å². The second-order valence-electron chi connectivity index (χ2n) is 5.60. The molecule has 0 aliphatic rings. The smallest absolute Gasteiger partial charge is 0.271 e. The van der Waals surface area contributed by atoms with Gasteiger partial charge in [0.1, 0.15) is 0 Å². The van der Waals surface area contributed by atoms with Crippen LogP contribution in [0.15, 0.2) is 42.5 Å². The SMILES string of the molecule is CCOc1ccc(Cl)c(C(=O)NCCCS(=O)(=O)Cc2ccccc2)n1. The Morgan fingerprint density at radius 2 is 1.92 bits per heavy atom. The molecular weight excluding hydrogens is 376 g/mol. The summed E-state index contributed by atoms with van der Waals surface area (Å²) < 4.78 is 29.5. The van der Waals surface area contributed by atoms with Crippen LogP contribution in [0.3, 0.4) is 0 Å². The molecule has 0 fully saturated rings. The van der Waals surface area contributed by atoms with Crippen LogP contribution in [0.25, 0.3) is 0 Å². The molecule has 0 aliphatic heterocycles. The van der Waals surface area contributed by atoms with E-state index >= 15 is 0 Å². The Morgan fingerprint density at radius 1 is 1.19 bits per heavy atom. The Bertz CT molecular complexity index is 842. The third-order valence-corrected chi connectivity index (χ3v) is 5.46. The highest BCUT2D eigenvalue weighted by Gasteiger charge is 2.15. The Kier molecular flexibility index (Phi) is 7.41. The topological polar surface area (TPSA) is 85.4 Å². The first kappa shape index (κ1) is 20.2. The van der Waals surface area contributed by atoms with E-state index in [0.29, 0.717) is 18.9 Å². The molecule has 1 aromatic heterocycles. The minimum absolute atomic E-state index is 0.00836. The predicted octanol–water partition coefficient (Wildman–Crippen LogP) is 2.87. The summed E-state index contributed by atoms with van der Waals surface area (Å²) in [6, 6.07) is 12.1. The van der Waals surface area contributed by atoms with E-state index in [4.69, 9.17) is 16.3 Å². The number of rotatable bonds is 9. The fourth-order valence-corrected chi connectivity index (χ4v) is 3.91. The van der Waals surface area contributed by atoms with Gasteiger partial charge in [-0.25, -0.2) is 13.4 Å². The minimum Gasteiger partial charge on any atom is -0.478 e. The molecule has 2 aromatic rings. The van der Waals surface area contributed by atoms with Crippen molar-refractivity contribution in [2.24, 2.45) is 0 Å². The molecule has 6 nitrogen and oxygen atoms in total. The molecule has 1 N–H and O–H groups in total. The number of hydrogen-bond acceptors (Lipinski definition) is 5. The monoisotopic (exact) mass is 396 g/mol. The number of pyridine rings is 1. The fourth-order valence-electron chi connectivity index (χ4n) is 2.29. The van der Waals surface area contributed by atoms with Gasteiger partial charge in [-0.2, -0.15) is 0 Å². The summed E-state index contributed by atoms with van der Waals surface area (Å²) in [5.41, 5.74) is 0.810. The molecular formula is C18H21ClN2O4S. The van der Waals surface area contributed by atoms with Crippen molar-refractivity contribution in [3.8, 4) is 5.88 Å². The first-order valence-corrected chi connectivity index (χ1v) is 10.4. The molecule has 1 heterocycles. The lowest BCUT2D eigenvalue weighted by atomic mass is 10.2. The largest absolute Gasteiger partial charge is 0.478 e. The molecule has 140 valence electrons. The van der Waals surface area contributed by atoms with E-state index in [1.807, 2.05) is 13.0 Å². The van der Waals surface area contributed by atoms with E-state index in [0.717, 1.165) is 5.56 Å². The van der Waals surface area contributed by atoms with Crippen LogP contribution in [0.2, 0.25) is 5.02 Å². The number of hydrogen-bond donors (Lipinski definition) is 1. The molecule has 0 unspecified atom stereocenters. The molecule has 0 aliphatic carbocycles. The summed E-state index contributed by atoms with van der Waals surface area (Å²) in [6.07, 6.45) is 0.309. The van der Waals surface area contributed by atoms with Crippen LogP contribution in [-0.4, -0.2) is 38.2 Å². The van der Waals surface area contributed by atoms with Crippen molar-refractivity contribution in [2.75, 3.05) is 18.9 Å². The van der Waals surface area contributed by atoms with E-state index in [1.165, 1.54) is 0 Å². The van der Waals surface area contributed by atoms with Crippen LogP contribution in [-0.2, 0) is 15.6 Å². The van der Waals surface area contributed by atoms with Gasteiger partial charge in [-0.1, -0.05) is 41.9 Å². The van der Waals surface area contributed by atoms with E-state index in [9.17, 15) is 13.2 Å². The van der Waals surface area contributed by atoms with Crippen LogP contribution in [0, 0.1) is 0 Å². The summed E-state index contributed by atoms with van der Waals surface area (Å²) in [4.78, 5) is 16.2. The Labute approximate surface area is 158 Å². The maximum Gasteiger partial charge on any atom is 0.271 e. The summed E-state index contributed by atoms with van der Waals surface area (Å²) in [6.45, 7) is 2.45. The number of sulfone groups is 1. The average Bonchev–Trinajstić information content (AvgIpc) is 2.61. The van der Waals surface area contributed by atoms with Crippen LogP contribution in [0.4, 0.5) is 0 Å². The third-order valence-electron chi connectivity index (χ3n) is 3.47. The lowest BCUT2D eigenvalue weighted by molar-refractivity contribution is 0.0947. The van der Waals surface area contributed by atoms with E-state index in [1.54, 1.807) is 36.4 Å². The molecule has 0 saturated heterocycles. The summed E-state index contributed by atoms with van der Waals surface area (Å²) in [5, 5.41) is 2.85. The van der Waals surface area contributed by atoms with Crippen molar-refractivity contribution in [1.82, 2.24) is 10.3 Å². The number of amides is 1. The maximum absolute atomic E-state index is 12.2. The molecule has 0 radical (unpaired) electrons. The number of benzene rings is 1. The van der Waals surface area contributed by atoms with Gasteiger partial charge in [-0.05, 0) is 25.0 Å². The van der Waals surface area contributed by atoms with Crippen LogP contribution in [0.5, 0.6) is 5.88 Å². The van der Waals surface area contributed by atoms with E-state index < -0.39 is 15.7 Å². The van der Waals surface area contributed by atoms with Gasteiger partial charge >= 0.3 is 0 Å². The van der Waals surface area contributed by atoms with Gasteiger partial charge in [-0.3, -0.25) is 4.79 Å². The quantitative estimate of drug-likeness (QED) is 0.659. The van der Waals surface area contributed by atoms with Gasteiger partial charge in [0.2, 0.25) is 5.88 Å². The molecule has 26 heavy (non-hydrogen) atoms. The van der Waals surface area contributed by atoms with Crippen LogP contribution >= 0.6 is 11.6 Å². The number of carbonyl (C=O) groups is 1. The number of carbonyl (C=O) groups excluding carboxylic acids is 1. The predicted molar refractivity (Wildman–Crippen MR) is 101 cm³/mol. The highest BCUT2D eigenvalue weighted by Crippen LogP contribution is 2.18. The van der Waals surface area contributed by atoms with E-state index in [-0.39, 0.29) is 28.8 Å². The molecule has 1 amide bonds. The highest BCUT2D eigenvalue weighted by atomic mass is 35.5. The zero-order valence-corrected chi connectivity index (χ0v) is 16.0. The highest BCUT2D eigenvalue weighted by molar-refractivity contribution is 7.90. The third kappa shape index (κ3) is 6.31. The average molecular weight is 397 g/mol. The van der Waals surface area contributed by atoms with Gasteiger partial charge in [0, 0.05) is 12.6 Å². The number of nitrogens with zero attached hydrogens (tertiary/aromatic N) is 1. The minimum atomic E-state index is -3.23.